The fourth-order valence-electron chi connectivity index (χ4n) is 5.00. The number of rotatable bonds is 5. The molecule has 2 heterocycles. The van der Waals surface area contributed by atoms with E-state index in [0.717, 1.165) is 10.8 Å². The lowest BCUT2D eigenvalue weighted by Gasteiger charge is -2.34. The zero-order valence-electron chi connectivity index (χ0n) is 23.4. The number of carbonyl (C=O) groups excluding carboxylic acids is 2. The third-order valence-electron chi connectivity index (χ3n) is 7.14. The second-order valence-electron chi connectivity index (χ2n) is 11.3. The van der Waals surface area contributed by atoms with Gasteiger partial charge in [-0.15, -0.1) is 0 Å². The van der Waals surface area contributed by atoms with Gasteiger partial charge in [0.2, 0.25) is 10.0 Å². The summed E-state index contributed by atoms with van der Waals surface area (Å²) in [5.74, 6) is 0.458. The van der Waals surface area contributed by atoms with E-state index in [2.05, 4.69) is 0 Å². The van der Waals surface area contributed by atoms with Crippen molar-refractivity contribution in [1.82, 2.24) is 14.1 Å². The van der Waals surface area contributed by atoms with Crippen LogP contribution in [0.2, 0.25) is 5.02 Å². The number of fused-ring (bicyclic) bond motifs is 1. The van der Waals surface area contributed by atoms with E-state index in [9.17, 15) is 18.0 Å². The van der Waals surface area contributed by atoms with Crippen molar-refractivity contribution in [2.24, 2.45) is 0 Å². The van der Waals surface area contributed by atoms with Crippen molar-refractivity contribution < 1.29 is 27.5 Å². The molecule has 2 fully saturated rings. The molecule has 1 atom stereocenters. The number of benzene rings is 3. The summed E-state index contributed by atoms with van der Waals surface area (Å²) in [6, 6.07) is 17.3. The molecule has 41 heavy (non-hydrogen) atoms. The van der Waals surface area contributed by atoms with E-state index in [1.807, 2.05) is 20.8 Å². The van der Waals surface area contributed by atoms with E-state index < -0.39 is 15.6 Å². The van der Waals surface area contributed by atoms with Gasteiger partial charge in [-0.1, -0.05) is 23.7 Å². The highest BCUT2D eigenvalue weighted by atomic mass is 35.5. The molecule has 2 aliphatic rings. The van der Waals surface area contributed by atoms with Crippen molar-refractivity contribution in [3.63, 3.8) is 0 Å². The fraction of sp³-hybridized carbons (Fsp3) is 0.400. The van der Waals surface area contributed by atoms with Crippen molar-refractivity contribution in [2.75, 3.05) is 39.3 Å². The number of likely N-dealkylation sites (tertiary alicyclic amines) is 1. The van der Waals surface area contributed by atoms with E-state index in [0.29, 0.717) is 48.9 Å². The second kappa shape index (κ2) is 11.5. The monoisotopic (exact) mass is 599 g/mol. The molecular weight excluding hydrogens is 566 g/mol. The number of carbonyl (C=O) groups is 2. The average Bonchev–Trinajstić information content (AvgIpc) is 3.40. The molecule has 0 saturated carbocycles. The minimum Gasteiger partial charge on any atom is -0.489 e. The van der Waals surface area contributed by atoms with Crippen molar-refractivity contribution in [1.29, 1.82) is 0 Å². The van der Waals surface area contributed by atoms with Gasteiger partial charge in [-0.25, -0.2) is 13.2 Å². The SMILES string of the molecule is CC(C)(C)OC(=O)N1CC[C@@H](Oc2ccc(C(=O)N3CCN(S(=O)(=O)c4ccc5cc(Cl)ccc5c4)CC3)cc2)C1. The standard InChI is InChI=1S/C30H34ClN3O6S/c1-30(2,3)40-29(36)33-13-12-26(20-33)39-25-9-5-21(6-10-25)28(35)32-14-16-34(17-15-32)41(37,38)27-11-7-22-18-24(31)8-4-23(22)19-27/h4-11,18-19,26H,12-17,20H2,1-3H3/t26-/m1/s1. The first-order valence-electron chi connectivity index (χ1n) is 13.6. The van der Waals surface area contributed by atoms with Crippen molar-refractivity contribution in [3.05, 3.63) is 71.2 Å². The highest BCUT2D eigenvalue weighted by Gasteiger charge is 2.32. The summed E-state index contributed by atoms with van der Waals surface area (Å²) in [5.41, 5.74) is -0.0461. The van der Waals surface area contributed by atoms with Gasteiger partial charge in [-0.3, -0.25) is 4.79 Å². The molecule has 3 aromatic rings. The van der Waals surface area contributed by atoms with Crippen molar-refractivity contribution in [3.8, 4) is 5.75 Å². The fourth-order valence-corrected chi connectivity index (χ4v) is 6.64. The Morgan fingerprint density at radius 2 is 1.51 bits per heavy atom. The molecule has 9 nitrogen and oxygen atoms in total. The predicted molar refractivity (Wildman–Crippen MR) is 157 cm³/mol. The van der Waals surface area contributed by atoms with E-state index >= 15 is 0 Å². The molecule has 0 unspecified atom stereocenters. The first-order valence-corrected chi connectivity index (χ1v) is 15.4. The van der Waals surface area contributed by atoms with Crippen LogP contribution in [-0.4, -0.2) is 85.5 Å². The quantitative estimate of drug-likeness (QED) is 0.408. The first kappa shape index (κ1) is 29.2. The molecule has 2 amide bonds. The lowest BCUT2D eigenvalue weighted by Crippen LogP contribution is -2.50. The highest BCUT2D eigenvalue weighted by molar-refractivity contribution is 7.89. The van der Waals surface area contributed by atoms with Gasteiger partial charge in [0.05, 0.1) is 11.4 Å². The molecule has 2 aliphatic heterocycles. The third kappa shape index (κ3) is 6.77. The topological polar surface area (TPSA) is 96.5 Å². The third-order valence-corrected chi connectivity index (χ3v) is 9.27. The molecular formula is C30H34ClN3O6S. The Morgan fingerprint density at radius 1 is 0.854 bits per heavy atom. The number of halogens is 1. The Bertz CT molecular complexity index is 1550. The van der Waals surface area contributed by atoms with Crippen LogP contribution >= 0.6 is 11.6 Å². The molecule has 0 aromatic heterocycles. The van der Waals surface area contributed by atoms with E-state index in [4.69, 9.17) is 21.1 Å². The summed E-state index contributed by atoms with van der Waals surface area (Å²) in [7, 11) is -3.70. The van der Waals surface area contributed by atoms with Crippen molar-refractivity contribution >= 4 is 44.4 Å². The minimum atomic E-state index is -3.70. The average molecular weight is 600 g/mol. The zero-order chi connectivity index (χ0) is 29.4. The summed E-state index contributed by atoms with van der Waals surface area (Å²) in [5, 5.41) is 2.26. The Labute approximate surface area is 245 Å². The maximum absolute atomic E-state index is 13.3. The summed E-state index contributed by atoms with van der Waals surface area (Å²) in [6.07, 6.45) is 0.195. The first-order chi connectivity index (χ1) is 19.4. The molecule has 5 rings (SSSR count). The van der Waals surface area contributed by atoms with Gasteiger partial charge in [0, 0.05) is 49.7 Å². The molecule has 0 N–H and O–H groups in total. The van der Waals surface area contributed by atoms with Crippen LogP contribution in [0.1, 0.15) is 37.6 Å². The highest BCUT2D eigenvalue weighted by Crippen LogP contribution is 2.26. The normalized spacial score (nSPS) is 18.5. The van der Waals surface area contributed by atoms with Gasteiger partial charge in [0.1, 0.15) is 17.5 Å². The van der Waals surface area contributed by atoms with Crippen molar-refractivity contribution in [2.45, 2.75) is 43.8 Å². The van der Waals surface area contributed by atoms with Crippen LogP contribution in [0.3, 0.4) is 0 Å². The second-order valence-corrected chi connectivity index (χ2v) is 13.7. The summed E-state index contributed by atoms with van der Waals surface area (Å²) >= 11 is 6.05. The van der Waals surface area contributed by atoms with Crippen LogP contribution in [0.15, 0.2) is 65.6 Å². The zero-order valence-corrected chi connectivity index (χ0v) is 25.0. The number of hydrogen-bond donors (Lipinski definition) is 0. The molecule has 0 spiro atoms. The minimum absolute atomic E-state index is 0.153. The Hall–Kier alpha value is -3.34. The van der Waals surface area contributed by atoms with Crippen LogP contribution in [0.4, 0.5) is 4.79 Å². The number of hydrogen-bond acceptors (Lipinski definition) is 6. The van der Waals surface area contributed by atoms with Gasteiger partial charge >= 0.3 is 6.09 Å². The summed E-state index contributed by atoms with van der Waals surface area (Å²) < 4.78 is 39.5. The van der Waals surface area contributed by atoms with Crippen LogP contribution < -0.4 is 4.74 Å². The maximum Gasteiger partial charge on any atom is 0.410 e. The maximum atomic E-state index is 13.3. The van der Waals surface area contributed by atoms with Crippen LogP contribution in [0, 0.1) is 0 Å². The van der Waals surface area contributed by atoms with Crippen LogP contribution in [-0.2, 0) is 14.8 Å². The lowest BCUT2D eigenvalue weighted by molar-refractivity contribution is 0.0275. The van der Waals surface area contributed by atoms with Gasteiger partial charge in [0.25, 0.3) is 5.91 Å². The number of ether oxygens (including phenoxy) is 2. The molecule has 0 aliphatic carbocycles. The smallest absolute Gasteiger partial charge is 0.410 e. The number of nitrogens with zero attached hydrogens (tertiary/aromatic N) is 3. The Kier molecular flexibility index (Phi) is 8.18. The summed E-state index contributed by atoms with van der Waals surface area (Å²) in [6.45, 7) is 7.52. The van der Waals surface area contributed by atoms with E-state index in [1.54, 1.807) is 70.5 Å². The Morgan fingerprint density at radius 3 is 2.20 bits per heavy atom. The van der Waals surface area contributed by atoms with E-state index in [-0.39, 0.29) is 36.1 Å². The van der Waals surface area contributed by atoms with E-state index in [1.165, 1.54) is 4.31 Å². The molecule has 3 aromatic carbocycles. The molecule has 0 radical (unpaired) electrons. The van der Waals surface area contributed by atoms with Crippen LogP contribution in [0.25, 0.3) is 10.8 Å². The van der Waals surface area contributed by atoms with Gasteiger partial charge in [-0.2, -0.15) is 4.31 Å². The lowest BCUT2D eigenvalue weighted by atomic mass is 10.1. The van der Waals surface area contributed by atoms with Gasteiger partial charge < -0.3 is 19.3 Å². The number of sulfonamides is 1. The molecule has 218 valence electrons. The van der Waals surface area contributed by atoms with Gasteiger partial charge in [-0.05, 0) is 80.1 Å². The number of amides is 2. The van der Waals surface area contributed by atoms with Crippen LogP contribution in [0.5, 0.6) is 5.75 Å². The molecule has 2 saturated heterocycles. The molecule has 11 heteroatoms. The number of piperazine rings is 1. The summed E-state index contributed by atoms with van der Waals surface area (Å²) in [4.78, 5) is 29.0. The van der Waals surface area contributed by atoms with Gasteiger partial charge in [0.15, 0.2) is 0 Å². The predicted octanol–water partition coefficient (Wildman–Crippen LogP) is 5.03. The largest absolute Gasteiger partial charge is 0.489 e. The Balaban J connectivity index is 1.14. The molecule has 0 bridgehead atoms.